The van der Waals surface area contributed by atoms with E-state index in [0.29, 0.717) is 24.0 Å². The van der Waals surface area contributed by atoms with Gasteiger partial charge in [-0.2, -0.15) is 0 Å². The van der Waals surface area contributed by atoms with Gasteiger partial charge in [-0.3, -0.25) is 14.5 Å². The van der Waals surface area contributed by atoms with Crippen molar-refractivity contribution in [3.63, 3.8) is 0 Å². The van der Waals surface area contributed by atoms with Gasteiger partial charge in [0.2, 0.25) is 0 Å². The Labute approximate surface area is 203 Å². The van der Waals surface area contributed by atoms with E-state index >= 15 is 0 Å². The van der Waals surface area contributed by atoms with Gasteiger partial charge in [-0.15, -0.1) is 11.3 Å². The Hall–Kier alpha value is -2.82. The van der Waals surface area contributed by atoms with Crippen molar-refractivity contribution in [2.75, 3.05) is 6.26 Å². The zero-order valence-electron chi connectivity index (χ0n) is 19.6. The molecule has 3 heterocycles. The lowest BCUT2D eigenvalue weighted by Crippen LogP contribution is -2.28. The van der Waals surface area contributed by atoms with Crippen LogP contribution < -0.4 is 10.9 Å². The largest absolute Gasteiger partial charge is 0.346 e. The minimum atomic E-state index is -3.25. The third kappa shape index (κ3) is 5.13. The number of sulfone groups is 1. The molecule has 1 N–H and O–H groups in total. The SMILES string of the molecule is CC(C)C1c2nc(C(=O)NCc3ccc(S(C)(=O)=O)cc3)sc2CN1Cc1ccn(C)c(=O)c1. The molecule has 2 aromatic heterocycles. The van der Waals surface area contributed by atoms with E-state index in [1.165, 1.54) is 11.3 Å². The van der Waals surface area contributed by atoms with Crippen LogP contribution in [0.2, 0.25) is 0 Å². The summed E-state index contributed by atoms with van der Waals surface area (Å²) >= 11 is 1.40. The van der Waals surface area contributed by atoms with E-state index in [2.05, 4.69) is 24.1 Å². The van der Waals surface area contributed by atoms with Crippen molar-refractivity contribution in [2.24, 2.45) is 13.0 Å². The first-order chi connectivity index (χ1) is 16.0. The van der Waals surface area contributed by atoms with Gasteiger partial charge in [-0.1, -0.05) is 26.0 Å². The third-order valence-corrected chi connectivity index (χ3v) is 8.12. The monoisotopic (exact) mass is 500 g/mol. The summed E-state index contributed by atoms with van der Waals surface area (Å²) in [6.45, 7) is 5.89. The molecule has 1 aromatic carbocycles. The van der Waals surface area contributed by atoms with E-state index in [0.717, 1.165) is 28.0 Å². The molecule has 1 aliphatic rings. The van der Waals surface area contributed by atoms with Gasteiger partial charge in [0.05, 0.1) is 16.6 Å². The number of carbonyl (C=O) groups is 1. The summed E-state index contributed by atoms with van der Waals surface area (Å²) in [7, 11) is -1.52. The lowest BCUT2D eigenvalue weighted by Gasteiger charge is -2.27. The van der Waals surface area contributed by atoms with Crippen LogP contribution in [0.3, 0.4) is 0 Å². The molecule has 34 heavy (non-hydrogen) atoms. The summed E-state index contributed by atoms with van der Waals surface area (Å²) in [5.41, 5.74) is 2.68. The van der Waals surface area contributed by atoms with Crippen molar-refractivity contribution in [3.8, 4) is 0 Å². The Morgan fingerprint density at radius 1 is 1.21 bits per heavy atom. The van der Waals surface area contributed by atoms with E-state index < -0.39 is 9.84 Å². The summed E-state index contributed by atoms with van der Waals surface area (Å²) in [6.07, 6.45) is 2.95. The smallest absolute Gasteiger partial charge is 0.280 e. The average molecular weight is 501 g/mol. The number of nitrogens with zero attached hydrogens (tertiary/aromatic N) is 3. The fourth-order valence-corrected chi connectivity index (χ4v) is 5.86. The molecule has 0 saturated carbocycles. The van der Waals surface area contributed by atoms with Crippen molar-refractivity contribution in [3.05, 3.63) is 79.7 Å². The average Bonchev–Trinajstić information content (AvgIpc) is 3.31. The molecular weight excluding hydrogens is 472 g/mol. The van der Waals surface area contributed by atoms with Crippen molar-refractivity contribution in [1.29, 1.82) is 0 Å². The first kappa shape index (κ1) is 24.3. The fourth-order valence-electron chi connectivity index (χ4n) is 4.19. The first-order valence-electron chi connectivity index (χ1n) is 11.0. The van der Waals surface area contributed by atoms with Gasteiger partial charge in [0.15, 0.2) is 14.8 Å². The van der Waals surface area contributed by atoms with Crippen LogP contribution in [0.1, 0.15) is 51.4 Å². The molecule has 0 bridgehead atoms. The zero-order valence-corrected chi connectivity index (χ0v) is 21.2. The van der Waals surface area contributed by atoms with Crippen LogP contribution in [0.15, 0.2) is 52.3 Å². The minimum absolute atomic E-state index is 0.0318. The topological polar surface area (TPSA) is 101 Å². The second kappa shape index (κ2) is 9.44. The molecule has 1 unspecified atom stereocenters. The number of fused-ring (bicyclic) bond motifs is 1. The van der Waals surface area contributed by atoms with E-state index in [1.54, 1.807) is 48.1 Å². The second-order valence-corrected chi connectivity index (χ2v) is 12.1. The Balaban J connectivity index is 1.44. The van der Waals surface area contributed by atoms with Crippen LogP contribution in [0.5, 0.6) is 0 Å². The number of aromatic nitrogens is 2. The lowest BCUT2D eigenvalue weighted by atomic mass is 10.0. The number of carbonyl (C=O) groups excluding carboxylic acids is 1. The Kier molecular flexibility index (Phi) is 6.75. The summed E-state index contributed by atoms with van der Waals surface area (Å²) in [4.78, 5) is 33.1. The molecule has 10 heteroatoms. The van der Waals surface area contributed by atoms with E-state index in [1.807, 2.05) is 6.07 Å². The van der Waals surface area contributed by atoms with Gasteiger partial charge in [0, 0.05) is 50.1 Å². The third-order valence-electron chi connectivity index (χ3n) is 5.93. The molecule has 0 fully saturated rings. The van der Waals surface area contributed by atoms with Gasteiger partial charge in [0.1, 0.15) is 0 Å². The van der Waals surface area contributed by atoms with Crippen LogP contribution in [-0.2, 0) is 36.5 Å². The molecule has 180 valence electrons. The van der Waals surface area contributed by atoms with Crippen LogP contribution in [0, 0.1) is 5.92 Å². The minimum Gasteiger partial charge on any atom is -0.346 e. The summed E-state index contributed by atoms with van der Waals surface area (Å²) in [5, 5.41) is 3.31. The maximum absolute atomic E-state index is 12.8. The van der Waals surface area contributed by atoms with Crippen molar-refractivity contribution < 1.29 is 13.2 Å². The number of rotatable bonds is 7. The van der Waals surface area contributed by atoms with Gasteiger partial charge >= 0.3 is 0 Å². The predicted molar refractivity (Wildman–Crippen MR) is 131 cm³/mol. The lowest BCUT2D eigenvalue weighted by molar-refractivity contribution is 0.0949. The maximum atomic E-state index is 12.8. The number of hydrogen-bond acceptors (Lipinski definition) is 7. The van der Waals surface area contributed by atoms with Gasteiger partial charge < -0.3 is 9.88 Å². The molecule has 1 amide bonds. The summed E-state index contributed by atoms with van der Waals surface area (Å²) in [5.74, 6) is 0.0476. The van der Waals surface area contributed by atoms with Crippen LogP contribution >= 0.6 is 11.3 Å². The molecule has 0 radical (unpaired) electrons. The molecule has 4 rings (SSSR count). The normalized spacial score (nSPS) is 16.1. The highest BCUT2D eigenvalue weighted by molar-refractivity contribution is 7.90. The standard InChI is InChI=1S/C24H28N4O4S2/c1-15(2)22-21-19(14-28(22)13-17-9-10-27(3)20(29)11-17)33-24(26-21)23(30)25-12-16-5-7-18(8-6-16)34(4,31)32/h5-11,15,22H,12-14H2,1-4H3,(H,25,30). The maximum Gasteiger partial charge on any atom is 0.280 e. The Morgan fingerprint density at radius 2 is 1.91 bits per heavy atom. The molecule has 0 aliphatic carbocycles. The predicted octanol–water partition coefficient (Wildman–Crippen LogP) is 2.89. The first-order valence-corrected chi connectivity index (χ1v) is 13.7. The summed E-state index contributed by atoms with van der Waals surface area (Å²) in [6, 6.07) is 10.2. The number of pyridine rings is 1. The molecule has 0 spiro atoms. The fraction of sp³-hybridized carbons (Fsp3) is 0.375. The van der Waals surface area contributed by atoms with Gasteiger partial charge in [-0.25, -0.2) is 13.4 Å². The Bertz CT molecular complexity index is 1370. The quantitative estimate of drug-likeness (QED) is 0.535. The highest BCUT2D eigenvalue weighted by Gasteiger charge is 2.36. The van der Waals surface area contributed by atoms with Crippen LogP contribution in [0.4, 0.5) is 0 Å². The number of benzene rings is 1. The van der Waals surface area contributed by atoms with E-state index in [-0.39, 0.29) is 28.9 Å². The van der Waals surface area contributed by atoms with Gasteiger partial charge in [-0.05, 0) is 35.2 Å². The highest BCUT2D eigenvalue weighted by atomic mass is 32.2. The van der Waals surface area contributed by atoms with E-state index in [9.17, 15) is 18.0 Å². The molecule has 0 saturated heterocycles. The van der Waals surface area contributed by atoms with Crippen LogP contribution in [-0.4, -0.2) is 35.0 Å². The van der Waals surface area contributed by atoms with E-state index in [4.69, 9.17) is 4.98 Å². The molecule has 1 aliphatic heterocycles. The zero-order chi connectivity index (χ0) is 24.6. The Morgan fingerprint density at radius 3 is 2.53 bits per heavy atom. The number of nitrogens with one attached hydrogen (secondary N) is 1. The van der Waals surface area contributed by atoms with Crippen molar-refractivity contribution >= 4 is 27.1 Å². The molecular formula is C24H28N4O4S2. The number of amides is 1. The second-order valence-electron chi connectivity index (χ2n) is 9.00. The van der Waals surface area contributed by atoms with Crippen molar-refractivity contribution in [1.82, 2.24) is 19.8 Å². The molecule has 8 nitrogen and oxygen atoms in total. The van der Waals surface area contributed by atoms with Crippen molar-refractivity contribution in [2.45, 2.75) is 44.4 Å². The van der Waals surface area contributed by atoms with Crippen LogP contribution in [0.25, 0.3) is 0 Å². The number of thiazole rings is 1. The molecule has 1 atom stereocenters. The highest BCUT2D eigenvalue weighted by Crippen LogP contribution is 2.41. The summed E-state index contributed by atoms with van der Waals surface area (Å²) < 4.78 is 24.7. The number of aryl methyl sites for hydroxylation is 1. The molecule has 3 aromatic rings. The number of hydrogen-bond donors (Lipinski definition) is 1. The van der Waals surface area contributed by atoms with Gasteiger partial charge in [0.25, 0.3) is 11.5 Å².